The molecule has 4 aromatic rings. The molecule has 0 spiro atoms. The van der Waals surface area contributed by atoms with E-state index in [1.54, 1.807) is 28.4 Å². The van der Waals surface area contributed by atoms with E-state index in [0.717, 1.165) is 27.0 Å². The van der Waals surface area contributed by atoms with Crippen LogP contribution in [0.2, 0.25) is 0 Å². The first-order valence-electron chi connectivity index (χ1n) is 11.6. The molecule has 0 radical (unpaired) electrons. The number of hydrogen-bond acceptors (Lipinski definition) is 3. The summed E-state index contributed by atoms with van der Waals surface area (Å²) in [5.74, 6) is -0.335. The first-order valence-corrected chi connectivity index (χ1v) is 12.5. The molecule has 2 aromatic carbocycles. The number of piperazine rings is 1. The Morgan fingerprint density at radius 1 is 1.09 bits per heavy atom. The summed E-state index contributed by atoms with van der Waals surface area (Å²) in [6.45, 7) is 5.80. The highest BCUT2D eigenvalue weighted by Gasteiger charge is 2.32. The van der Waals surface area contributed by atoms with Gasteiger partial charge in [-0.1, -0.05) is 24.3 Å². The summed E-state index contributed by atoms with van der Waals surface area (Å²) in [4.78, 5) is 31.1. The zero-order chi connectivity index (χ0) is 24.5. The first-order chi connectivity index (χ1) is 16.9. The standard InChI is InChI=1S/C27H27FN4O2S/c1-18-4-3-5-23(14-18)29-27(34)31-12-11-30(16-19(31)2)25(33)24-15-21-10-13-35-26(21)32(24)17-20-6-8-22(28)9-7-20/h3-10,13-15,19H,11-12,16-17H2,1-2H3,(H,29,34). The van der Waals surface area contributed by atoms with Gasteiger partial charge in [-0.2, -0.15) is 0 Å². The minimum Gasteiger partial charge on any atom is -0.334 e. The number of aryl methyl sites for hydroxylation is 1. The highest BCUT2D eigenvalue weighted by atomic mass is 32.1. The van der Waals surface area contributed by atoms with Gasteiger partial charge in [0.1, 0.15) is 16.3 Å². The number of nitrogens with one attached hydrogen (secondary N) is 1. The zero-order valence-electron chi connectivity index (χ0n) is 19.7. The van der Waals surface area contributed by atoms with E-state index in [1.807, 2.05) is 65.1 Å². The average Bonchev–Trinajstić information content (AvgIpc) is 3.42. The van der Waals surface area contributed by atoms with E-state index in [1.165, 1.54) is 12.1 Å². The molecule has 1 atom stereocenters. The second-order valence-corrected chi connectivity index (χ2v) is 9.91. The van der Waals surface area contributed by atoms with Crippen LogP contribution in [0.4, 0.5) is 14.9 Å². The number of aromatic nitrogens is 1. The fourth-order valence-electron chi connectivity index (χ4n) is 4.61. The molecule has 180 valence electrons. The van der Waals surface area contributed by atoms with Gasteiger partial charge in [0.25, 0.3) is 5.91 Å². The van der Waals surface area contributed by atoms with Crippen molar-refractivity contribution in [3.8, 4) is 0 Å². The van der Waals surface area contributed by atoms with Gasteiger partial charge in [-0.25, -0.2) is 9.18 Å². The van der Waals surface area contributed by atoms with Crippen LogP contribution in [0.5, 0.6) is 0 Å². The molecule has 2 aromatic heterocycles. The minimum absolute atomic E-state index is 0.0545. The topological polar surface area (TPSA) is 57.6 Å². The van der Waals surface area contributed by atoms with E-state index in [-0.39, 0.29) is 23.8 Å². The van der Waals surface area contributed by atoms with Gasteiger partial charge in [0.05, 0.1) is 0 Å². The number of fused-ring (bicyclic) bond motifs is 1. The van der Waals surface area contributed by atoms with Crippen molar-refractivity contribution in [3.63, 3.8) is 0 Å². The van der Waals surface area contributed by atoms with Gasteiger partial charge < -0.3 is 19.7 Å². The SMILES string of the molecule is Cc1cccc(NC(=O)N2CCN(C(=O)c3cc4ccsc4n3Cc3ccc(F)cc3)CC2C)c1. The average molecular weight is 491 g/mol. The van der Waals surface area contributed by atoms with Crippen LogP contribution in [0.15, 0.2) is 66.0 Å². The third kappa shape index (κ3) is 4.79. The normalized spacial score (nSPS) is 16.0. The number of anilines is 1. The quantitative estimate of drug-likeness (QED) is 0.406. The molecule has 0 saturated carbocycles. The van der Waals surface area contributed by atoms with Crippen LogP contribution < -0.4 is 5.32 Å². The molecule has 1 aliphatic heterocycles. The van der Waals surface area contributed by atoms with E-state index in [9.17, 15) is 14.0 Å². The Balaban J connectivity index is 1.31. The maximum atomic E-state index is 13.6. The summed E-state index contributed by atoms with van der Waals surface area (Å²) in [5.41, 5.74) is 3.38. The highest BCUT2D eigenvalue weighted by molar-refractivity contribution is 7.16. The lowest BCUT2D eigenvalue weighted by molar-refractivity contribution is 0.0583. The van der Waals surface area contributed by atoms with Crippen molar-refractivity contribution in [1.29, 1.82) is 0 Å². The van der Waals surface area contributed by atoms with E-state index in [2.05, 4.69) is 5.32 Å². The largest absolute Gasteiger partial charge is 0.334 e. The molecular formula is C27H27FN4O2S. The van der Waals surface area contributed by atoms with Gasteiger partial charge in [0, 0.05) is 43.3 Å². The Bertz CT molecular complexity index is 1380. The van der Waals surface area contributed by atoms with Crippen LogP contribution >= 0.6 is 11.3 Å². The molecule has 3 amide bonds. The summed E-state index contributed by atoms with van der Waals surface area (Å²) in [6, 6.07) is 17.7. The third-order valence-electron chi connectivity index (χ3n) is 6.42. The number of rotatable bonds is 4. The predicted octanol–water partition coefficient (Wildman–Crippen LogP) is 5.58. The van der Waals surface area contributed by atoms with Crippen LogP contribution in [0.25, 0.3) is 10.2 Å². The zero-order valence-corrected chi connectivity index (χ0v) is 20.5. The van der Waals surface area contributed by atoms with Crippen molar-refractivity contribution in [2.24, 2.45) is 0 Å². The number of carbonyl (C=O) groups is 2. The molecule has 35 heavy (non-hydrogen) atoms. The highest BCUT2D eigenvalue weighted by Crippen LogP contribution is 2.28. The smallest absolute Gasteiger partial charge is 0.322 e. The number of urea groups is 1. The fraction of sp³-hybridized carbons (Fsp3) is 0.259. The summed E-state index contributed by atoms with van der Waals surface area (Å²) >= 11 is 1.58. The maximum absolute atomic E-state index is 13.6. The summed E-state index contributed by atoms with van der Waals surface area (Å²) in [6.07, 6.45) is 0. The van der Waals surface area contributed by atoms with Crippen molar-refractivity contribution in [1.82, 2.24) is 14.4 Å². The van der Waals surface area contributed by atoms with Crippen molar-refractivity contribution < 1.29 is 14.0 Å². The van der Waals surface area contributed by atoms with Gasteiger partial charge in [-0.05, 0) is 66.8 Å². The Hall–Kier alpha value is -3.65. The lowest BCUT2D eigenvalue weighted by Crippen LogP contribution is -2.56. The van der Waals surface area contributed by atoms with Crippen molar-refractivity contribution >= 4 is 39.2 Å². The predicted molar refractivity (Wildman–Crippen MR) is 138 cm³/mol. The van der Waals surface area contributed by atoms with Gasteiger partial charge in [0.2, 0.25) is 0 Å². The number of carbonyl (C=O) groups excluding carboxylic acids is 2. The van der Waals surface area contributed by atoms with E-state index in [0.29, 0.717) is 31.9 Å². The second-order valence-electron chi connectivity index (χ2n) is 9.02. The maximum Gasteiger partial charge on any atom is 0.322 e. The van der Waals surface area contributed by atoms with Crippen LogP contribution in [-0.2, 0) is 6.54 Å². The number of amides is 3. The Labute approximate surface area is 207 Å². The molecule has 5 rings (SSSR count). The summed E-state index contributed by atoms with van der Waals surface area (Å²) in [7, 11) is 0. The van der Waals surface area contributed by atoms with Gasteiger partial charge in [-0.3, -0.25) is 4.79 Å². The van der Waals surface area contributed by atoms with E-state index >= 15 is 0 Å². The Morgan fingerprint density at radius 3 is 2.63 bits per heavy atom. The molecule has 0 bridgehead atoms. The number of hydrogen-bond donors (Lipinski definition) is 1. The molecular weight excluding hydrogens is 463 g/mol. The van der Waals surface area contributed by atoms with E-state index < -0.39 is 0 Å². The van der Waals surface area contributed by atoms with Crippen molar-refractivity contribution in [2.75, 3.05) is 25.0 Å². The van der Waals surface area contributed by atoms with Crippen LogP contribution in [0, 0.1) is 12.7 Å². The Kier molecular flexibility index (Phi) is 6.30. The number of benzene rings is 2. The molecule has 1 aliphatic rings. The molecule has 3 heterocycles. The molecule has 0 aliphatic carbocycles. The monoisotopic (exact) mass is 490 g/mol. The Morgan fingerprint density at radius 2 is 1.89 bits per heavy atom. The number of thiophene rings is 1. The molecule has 8 heteroatoms. The van der Waals surface area contributed by atoms with Crippen LogP contribution in [0.3, 0.4) is 0 Å². The van der Waals surface area contributed by atoms with Crippen molar-refractivity contribution in [2.45, 2.75) is 26.4 Å². The second kappa shape index (κ2) is 9.54. The van der Waals surface area contributed by atoms with Gasteiger partial charge in [0.15, 0.2) is 0 Å². The lowest BCUT2D eigenvalue weighted by Gasteiger charge is -2.39. The fourth-order valence-corrected chi connectivity index (χ4v) is 5.50. The summed E-state index contributed by atoms with van der Waals surface area (Å²) in [5, 5.41) is 5.99. The third-order valence-corrected chi connectivity index (χ3v) is 7.37. The molecule has 1 fully saturated rings. The number of halogens is 1. The molecule has 1 saturated heterocycles. The molecule has 1 unspecified atom stereocenters. The molecule has 6 nitrogen and oxygen atoms in total. The summed E-state index contributed by atoms with van der Waals surface area (Å²) < 4.78 is 15.4. The minimum atomic E-state index is -0.280. The van der Waals surface area contributed by atoms with Crippen molar-refractivity contribution in [3.05, 3.63) is 88.7 Å². The van der Waals surface area contributed by atoms with E-state index in [4.69, 9.17) is 0 Å². The van der Waals surface area contributed by atoms with Crippen LogP contribution in [-0.4, -0.2) is 52.0 Å². The molecule has 1 N–H and O–H groups in total. The lowest BCUT2D eigenvalue weighted by atomic mass is 10.1. The number of nitrogens with zero attached hydrogens (tertiary/aromatic N) is 3. The first kappa shape index (κ1) is 23.1. The van der Waals surface area contributed by atoms with Gasteiger partial charge in [-0.15, -0.1) is 11.3 Å². The van der Waals surface area contributed by atoms with Gasteiger partial charge >= 0.3 is 6.03 Å². The van der Waals surface area contributed by atoms with Crippen LogP contribution in [0.1, 0.15) is 28.5 Å².